The van der Waals surface area contributed by atoms with E-state index >= 15 is 0 Å². The molecule has 1 N–H and O–H groups in total. The number of carbonyl (C=O) groups is 1. The van der Waals surface area contributed by atoms with Gasteiger partial charge in [0.15, 0.2) is 0 Å². The van der Waals surface area contributed by atoms with Crippen LogP contribution < -0.4 is 5.32 Å². The molecule has 0 bridgehead atoms. The van der Waals surface area contributed by atoms with Gasteiger partial charge in [0.25, 0.3) is 5.91 Å². The Balaban J connectivity index is 0.00000144. The number of hydrogen-bond donors (Lipinski definition) is 1. The number of halogens is 1. The third kappa shape index (κ3) is 3.81. The quantitative estimate of drug-likeness (QED) is 0.773. The molecule has 0 aromatic heterocycles. The Morgan fingerprint density at radius 1 is 1.59 bits per heavy atom. The van der Waals surface area contributed by atoms with E-state index in [2.05, 4.69) is 5.32 Å². The Labute approximate surface area is 108 Å². The first-order chi connectivity index (χ1) is 7.81. The van der Waals surface area contributed by atoms with Gasteiger partial charge in [0.1, 0.15) is 6.10 Å². The summed E-state index contributed by atoms with van der Waals surface area (Å²) in [4.78, 5) is 14.0. The second kappa shape index (κ2) is 7.16. The third-order valence-corrected chi connectivity index (χ3v) is 3.20. The summed E-state index contributed by atoms with van der Waals surface area (Å²) in [5.74, 6) is 0.622. The maximum atomic E-state index is 12.1. The normalized spacial score (nSPS) is 28.9. The first-order valence-corrected chi connectivity index (χ1v) is 5.91. The molecule has 2 saturated heterocycles. The van der Waals surface area contributed by atoms with Gasteiger partial charge in [-0.05, 0) is 6.42 Å². The molecule has 17 heavy (non-hydrogen) atoms. The lowest BCUT2D eigenvalue weighted by molar-refractivity contribution is -0.144. The number of methoxy groups -OCH3 is 1. The average Bonchev–Trinajstić information content (AvgIpc) is 2.78. The van der Waals surface area contributed by atoms with Crippen LogP contribution in [0.2, 0.25) is 0 Å². The predicted molar refractivity (Wildman–Crippen MR) is 66.4 cm³/mol. The van der Waals surface area contributed by atoms with Gasteiger partial charge in [-0.3, -0.25) is 4.79 Å². The lowest BCUT2D eigenvalue weighted by atomic mass is 10.1. The van der Waals surface area contributed by atoms with E-state index in [1.807, 2.05) is 4.90 Å². The SMILES string of the molecule is COCC1CCN(C(=O)C2CNCCO2)C1.Cl. The zero-order chi connectivity index (χ0) is 11.4. The molecule has 6 heteroatoms. The molecule has 2 heterocycles. The lowest BCUT2D eigenvalue weighted by Gasteiger charge is -2.27. The number of nitrogens with one attached hydrogen (secondary N) is 1. The fraction of sp³-hybridized carbons (Fsp3) is 0.909. The van der Waals surface area contributed by atoms with Crippen molar-refractivity contribution >= 4 is 18.3 Å². The van der Waals surface area contributed by atoms with Gasteiger partial charge in [0, 0.05) is 39.2 Å². The Hall–Kier alpha value is -0.360. The van der Waals surface area contributed by atoms with Crippen molar-refractivity contribution in [1.29, 1.82) is 0 Å². The minimum absolute atomic E-state index is 0. The van der Waals surface area contributed by atoms with Crippen LogP contribution in [0.5, 0.6) is 0 Å². The van der Waals surface area contributed by atoms with Crippen LogP contribution in [0.25, 0.3) is 0 Å². The Morgan fingerprint density at radius 2 is 2.41 bits per heavy atom. The molecule has 1 amide bonds. The maximum absolute atomic E-state index is 12.1. The second-order valence-corrected chi connectivity index (χ2v) is 4.46. The summed E-state index contributed by atoms with van der Waals surface area (Å²) in [7, 11) is 1.71. The van der Waals surface area contributed by atoms with Crippen molar-refractivity contribution in [3.63, 3.8) is 0 Å². The number of likely N-dealkylation sites (tertiary alicyclic amines) is 1. The van der Waals surface area contributed by atoms with Gasteiger partial charge in [-0.1, -0.05) is 0 Å². The minimum atomic E-state index is -0.282. The van der Waals surface area contributed by atoms with Gasteiger partial charge in [-0.15, -0.1) is 12.4 Å². The molecular weight excluding hydrogens is 244 g/mol. The fourth-order valence-corrected chi connectivity index (χ4v) is 2.33. The molecule has 0 saturated carbocycles. The summed E-state index contributed by atoms with van der Waals surface area (Å²) in [5, 5.41) is 3.18. The summed E-state index contributed by atoms with van der Waals surface area (Å²) < 4.78 is 10.6. The molecule has 100 valence electrons. The number of carbonyl (C=O) groups excluding carboxylic acids is 1. The van der Waals surface area contributed by atoms with Gasteiger partial charge >= 0.3 is 0 Å². The van der Waals surface area contributed by atoms with E-state index in [4.69, 9.17) is 9.47 Å². The van der Waals surface area contributed by atoms with E-state index in [0.29, 0.717) is 19.1 Å². The van der Waals surface area contributed by atoms with Crippen LogP contribution in [-0.2, 0) is 14.3 Å². The summed E-state index contributed by atoms with van der Waals surface area (Å²) in [6, 6.07) is 0. The number of rotatable bonds is 3. The van der Waals surface area contributed by atoms with Crippen molar-refractivity contribution in [2.75, 3.05) is 46.5 Å². The molecule has 2 unspecified atom stereocenters. The van der Waals surface area contributed by atoms with Crippen molar-refractivity contribution in [1.82, 2.24) is 10.2 Å². The van der Waals surface area contributed by atoms with Crippen LogP contribution in [0.1, 0.15) is 6.42 Å². The Kier molecular flexibility index (Phi) is 6.19. The summed E-state index contributed by atoms with van der Waals surface area (Å²) in [5.41, 5.74) is 0. The van der Waals surface area contributed by atoms with Gasteiger partial charge < -0.3 is 19.7 Å². The molecule has 2 atom stereocenters. The molecular formula is C11H21ClN2O3. The molecule has 2 aliphatic rings. The van der Waals surface area contributed by atoms with Gasteiger partial charge in [-0.2, -0.15) is 0 Å². The highest BCUT2D eigenvalue weighted by molar-refractivity contribution is 5.85. The maximum Gasteiger partial charge on any atom is 0.253 e. The number of hydrogen-bond acceptors (Lipinski definition) is 4. The highest BCUT2D eigenvalue weighted by Gasteiger charge is 2.32. The van der Waals surface area contributed by atoms with E-state index in [1.54, 1.807) is 7.11 Å². The smallest absolute Gasteiger partial charge is 0.253 e. The zero-order valence-corrected chi connectivity index (χ0v) is 11.0. The minimum Gasteiger partial charge on any atom is -0.384 e. The standard InChI is InChI=1S/C11H20N2O3.ClH/c1-15-8-9-2-4-13(7-9)11(14)10-6-12-3-5-16-10;/h9-10,12H,2-8H2,1H3;1H. The monoisotopic (exact) mass is 264 g/mol. The number of nitrogens with zero attached hydrogens (tertiary/aromatic N) is 1. The Morgan fingerprint density at radius 3 is 3.06 bits per heavy atom. The molecule has 2 aliphatic heterocycles. The van der Waals surface area contributed by atoms with Crippen LogP contribution in [0, 0.1) is 5.92 Å². The van der Waals surface area contributed by atoms with Gasteiger partial charge in [0.05, 0.1) is 13.2 Å². The summed E-state index contributed by atoms with van der Waals surface area (Å²) in [6.07, 6.45) is 0.759. The lowest BCUT2D eigenvalue weighted by Crippen LogP contribution is -2.48. The van der Waals surface area contributed by atoms with E-state index in [0.717, 1.165) is 32.7 Å². The zero-order valence-electron chi connectivity index (χ0n) is 10.2. The van der Waals surface area contributed by atoms with Crippen LogP contribution in [0.4, 0.5) is 0 Å². The summed E-state index contributed by atoms with van der Waals surface area (Å²) in [6.45, 7) is 4.51. The number of ether oxygens (including phenoxy) is 2. The second-order valence-electron chi connectivity index (χ2n) is 4.46. The highest BCUT2D eigenvalue weighted by Crippen LogP contribution is 2.18. The molecule has 0 spiro atoms. The predicted octanol–water partition coefficient (Wildman–Crippen LogP) is -0.108. The van der Waals surface area contributed by atoms with Crippen molar-refractivity contribution in [3.8, 4) is 0 Å². The van der Waals surface area contributed by atoms with Crippen LogP contribution in [-0.4, -0.2) is 63.4 Å². The third-order valence-electron chi connectivity index (χ3n) is 3.20. The molecule has 2 fully saturated rings. The number of morpholine rings is 1. The highest BCUT2D eigenvalue weighted by atomic mass is 35.5. The Bertz CT molecular complexity index is 247. The molecule has 0 aromatic carbocycles. The largest absolute Gasteiger partial charge is 0.384 e. The molecule has 5 nitrogen and oxygen atoms in total. The topological polar surface area (TPSA) is 50.8 Å². The molecule has 0 aromatic rings. The van der Waals surface area contributed by atoms with Gasteiger partial charge in [0.2, 0.25) is 0 Å². The average molecular weight is 265 g/mol. The van der Waals surface area contributed by atoms with Crippen molar-refractivity contribution in [3.05, 3.63) is 0 Å². The first-order valence-electron chi connectivity index (χ1n) is 5.91. The van der Waals surface area contributed by atoms with Crippen molar-refractivity contribution < 1.29 is 14.3 Å². The van der Waals surface area contributed by atoms with Crippen molar-refractivity contribution in [2.45, 2.75) is 12.5 Å². The van der Waals surface area contributed by atoms with Crippen LogP contribution >= 0.6 is 12.4 Å². The summed E-state index contributed by atoms with van der Waals surface area (Å²) >= 11 is 0. The van der Waals surface area contributed by atoms with Crippen molar-refractivity contribution in [2.24, 2.45) is 5.92 Å². The van der Waals surface area contributed by atoms with E-state index in [-0.39, 0.29) is 24.4 Å². The molecule has 0 aliphatic carbocycles. The van der Waals surface area contributed by atoms with E-state index < -0.39 is 0 Å². The van der Waals surface area contributed by atoms with E-state index in [1.165, 1.54) is 0 Å². The van der Waals surface area contributed by atoms with Crippen LogP contribution in [0.3, 0.4) is 0 Å². The van der Waals surface area contributed by atoms with Gasteiger partial charge in [-0.25, -0.2) is 0 Å². The van der Waals surface area contributed by atoms with E-state index in [9.17, 15) is 4.79 Å². The molecule has 2 rings (SSSR count). The molecule has 0 radical (unpaired) electrons. The first kappa shape index (κ1) is 14.7. The van der Waals surface area contributed by atoms with Crippen LogP contribution in [0.15, 0.2) is 0 Å². The number of amides is 1. The fourth-order valence-electron chi connectivity index (χ4n) is 2.33.